The largest absolute Gasteiger partial charge is 0.495 e. The molecule has 0 aliphatic heterocycles. The lowest BCUT2D eigenvalue weighted by atomic mass is 10.2. The average molecular weight is 351 g/mol. The second kappa shape index (κ2) is 8.06. The van der Waals surface area contributed by atoms with Gasteiger partial charge in [0.25, 0.3) is 0 Å². The topological polar surface area (TPSA) is 94.3 Å². The molecule has 0 fully saturated rings. The number of para-hydroxylation sites is 4. The molecule has 2 aromatic carbocycles. The van der Waals surface area contributed by atoms with Crippen LogP contribution < -0.4 is 25.8 Å². The van der Waals surface area contributed by atoms with E-state index in [1.165, 1.54) is 6.33 Å². The van der Waals surface area contributed by atoms with E-state index in [4.69, 9.17) is 15.2 Å². The maximum absolute atomic E-state index is 6.26. The maximum Gasteiger partial charge on any atom is 0.159 e. The lowest BCUT2D eigenvalue weighted by Gasteiger charge is -2.15. The lowest BCUT2D eigenvalue weighted by molar-refractivity contribution is 0.342. The fraction of sp³-hybridized carbons (Fsp3) is 0.158. The summed E-state index contributed by atoms with van der Waals surface area (Å²) in [6.07, 6.45) is 1.44. The number of benzene rings is 2. The monoisotopic (exact) mass is 351 g/mol. The summed E-state index contributed by atoms with van der Waals surface area (Å²) in [4.78, 5) is 8.48. The second-order valence-electron chi connectivity index (χ2n) is 5.36. The molecule has 26 heavy (non-hydrogen) atoms. The van der Waals surface area contributed by atoms with E-state index in [1.807, 2.05) is 55.5 Å². The zero-order valence-electron chi connectivity index (χ0n) is 14.7. The van der Waals surface area contributed by atoms with Gasteiger partial charge < -0.3 is 25.8 Å². The highest BCUT2D eigenvalue weighted by molar-refractivity contribution is 5.82. The van der Waals surface area contributed by atoms with Crippen molar-refractivity contribution in [2.75, 3.05) is 30.1 Å². The highest BCUT2D eigenvalue weighted by Crippen LogP contribution is 2.33. The van der Waals surface area contributed by atoms with Crippen LogP contribution in [-0.4, -0.2) is 23.7 Å². The van der Waals surface area contributed by atoms with Crippen LogP contribution in [0.4, 0.5) is 28.7 Å². The molecule has 0 aliphatic rings. The molecule has 0 saturated heterocycles. The third kappa shape index (κ3) is 3.77. The summed E-state index contributed by atoms with van der Waals surface area (Å²) in [5.74, 6) is 2.40. The van der Waals surface area contributed by atoms with E-state index in [1.54, 1.807) is 7.11 Å². The summed E-state index contributed by atoms with van der Waals surface area (Å²) in [6.45, 7) is 2.50. The minimum atomic E-state index is 0.393. The average Bonchev–Trinajstić information content (AvgIpc) is 2.67. The number of hydrogen-bond acceptors (Lipinski definition) is 7. The Bertz CT molecular complexity index is 885. The van der Waals surface area contributed by atoms with E-state index < -0.39 is 0 Å². The summed E-state index contributed by atoms with van der Waals surface area (Å²) in [6, 6.07) is 15.2. The summed E-state index contributed by atoms with van der Waals surface area (Å²) in [5.41, 5.74) is 8.20. The Balaban J connectivity index is 1.88. The highest BCUT2D eigenvalue weighted by Gasteiger charge is 2.12. The Morgan fingerprint density at radius 1 is 0.885 bits per heavy atom. The van der Waals surface area contributed by atoms with Crippen molar-refractivity contribution in [1.82, 2.24) is 9.97 Å². The summed E-state index contributed by atoms with van der Waals surface area (Å²) in [7, 11) is 1.61. The van der Waals surface area contributed by atoms with Crippen LogP contribution in [0.15, 0.2) is 54.9 Å². The number of methoxy groups -OCH3 is 1. The number of nitrogens with two attached hydrogens (primary N) is 1. The van der Waals surface area contributed by atoms with Gasteiger partial charge in [-0.1, -0.05) is 24.3 Å². The van der Waals surface area contributed by atoms with Gasteiger partial charge >= 0.3 is 0 Å². The van der Waals surface area contributed by atoms with E-state index in [0.717, 1.165) is 17.1 Å². The number of aromatic nitrogens is 2. The van der Waals surface area contributed by atoms with Crippen molar-refractivity contribution in [3.63, 3.8) is 0 Å². The molecule has 134 valence electrons. The van der Waals surface area contributed by atoms with E-state index in [9.17, 15) is 0 Å². The van der Waals surface area contributed by atoms with Crippen LogP contribution in [0, 0.1) is 0 Å². The molecule has 0 saturated carbocycles. The van der Waals surface area contributed by atoms with Gasteiger partial charge in [0.1, 0.15) is 23.5 Å². The first-order valence-corrected chi connectivity index (χ1v) is 8.22. The molecule has 3 aromatic rings. The third-order valence-electron chi connectivity index (χ3n) is 3.68. The van der Waals surface area contributed by atoms with E-state index >= 15 is 0 Å². The minimum Gasteiger partial charge on any atom is -0.495 e. The van der Waals surface area contributed by atoms with Crippen LogP contribution in [0.3, 0.4) is 0 Å². The maximum atomic E-state index is 6.26. The first-order valence-electron chi connectivity index (χ1n) is 8.22. The molecule has 1 heterocycles. The van der Waals surface area contributed by atoms with Crippen LogP contribution >= 0.6 is 0 Å². The van der Waals surface area contributed by atoms with Gasteiger partial charge in [-0.2, -0.15) is 0 Å². The van der Waals surface area contributed by atoms with Crippen molar-refractivity contribution in [2.45, 2.75) is 6.92 Å². The Morgan fingerprint density at radius 2 is 1.42 bits per heavy atom. The van der Waals surface area contributed by atoms with Gasteiger partial charge in [-0.15, -0.1) is 0 Å². The smallest absolute Gasteiger partial charge is 0.159 e. The van der Waals surface area contributed by atoms with E-state index in [-0.39, 0.29) is 0 Å². The number of anilines is 5. The Morgan fingerprint density at radius 3 is 2.00 bits per heavy atom. The molecule has 3 rings (SSSR count). The quantitative estimate of drug-likeness (QED) is 0.593. The van der Waals surface area contributed by atoms with Crippen molar-refractivity contribution in [2.24, 2.45) is 0 Å². The number of rotatable bonds is 7. The van der Waals surface area contributed by atoms with Gasteiger partial charge in [0.15, 0.2) is 11.6 Å². The summed E-state index contributed by atoms with van der Waals surface area (Å²) in [5, 5.41) is 6.39. The summed E-state index contributed by atoms with van der Waals surface area (Å²) < 4.78 is 11.0. The standard InChI is InChI=1S/C19H21N5O2/c1-3-26-16-11-7-5-9-14(16)24-19-17(20)18(21-12-22-19)23-13-8-4-6-10-15(13)25-2/h4-12H,3,20H2,1-2H3,(H2,21,22,23,24). The van der Waals surface area contributed by atoms with Crippen LogP contribution in [0.5, 0.6) is 11.5 Å². The predicted octanol–water partition coefficient (Wildman–Crippen LogP) is 3.95. The van der Waals surface area contributed by atoms with Gasteiger partial charge in [-0.05, 0) is 31.2 Å². The van der Waals surface area contributed by atoms with Crippen LogP contribution in [0.25, 0.3) is 0 Å². The SMILES string of the molecule is CCOc1ccccc1Nc1ncnc(Nc2ccccc2OC)c1N. The molecular formula is C19H21N5O2. The lowest BCUT2D eigenvalue weighted by Crippen LogP contribution is -2.06. The van der Waals surface area contributed by atoms with Crippen LogP contribution in [0.1, 0.15) is 6.92 Å². The minimum absolute atomic E-state index is 0.393. The molecule has 7 heteroatoms. The van der Waals surface area contributed by atoms with Crippen molar-refractivity contribution in [3.8, 4) is 11.5 Å². The zero-order chi connectivity index (χ0) is 18.4. The highest BCUT2D eigenvalue weighted by atomic mass is 16.5. The molecule has 0 radical (unpaired) electrons. The number of nitrogen functional groups attached to an aromatic ring is 1. The second-order valence-corrected chi connectivity index (χ2v) is 5.36. The van der Waals surface area contributed by atoms with Gasteiger partial charge in [0, 0.05) is 0 Å². The molecule has 1 aromatic heterocycles. The number of ether oxygens (including phenoxy) is 2. The fourth-order valence-corrected chi connectivity index (χ4v) is 2.45. The van der Waals surface area contributed by atoms with Crippen LogP contribution in [0.2, 0.25) is 0 Å². The first-order chi connectivity index (χ1) is 12.7. The molecule has 4 N–H and O–H groups in total. The molecule has 0 bridgehead atoms. The normalized spacial score (nSPS) is 10.2. The Labute approximate surface area is 152 Å². The number of nitrogens with zero attached hydrogens (tertiary/aromatic N) is 2. The van der Waals surface area contributed by atoms with Crippen molar-refractivity contribution >= 4 is 28.7 Å². The van der Waals surface area contributed by atoms with Crippen molar-refractivity contribution < 1.29 is 9.47 Å². The van der Waals surface area contributed by atoms with Crippen molar-refractivity contribution in [1.29, 1.82) is 0 Å². The third-order valence-corrected chi connectivity index (χ3v) is 3.68. The molecule has 0 atom stereocenters. The molecule has 0 unspecified atom stereocenters. The molecule has 0 amide bonds. The number of hydrogen-bond donors (Lipinski definition) is 3. The van der Waals surface area contributed by atoms with Gasteiger partial charge in [0.2, 0.25) is 0 Å². The van der Waals surface area contributed by atoms with Crippen LogP contribution in [-0.2, 0) is 0 Å². The molecule has 0 spiro atoms. The first kappa shape index (κ1) is 17.3. The number of nitrogens with one attached hydrogen (secondary N) is 2. The Kier molecular flexibility index (Phi) is 5.38. The molecular weight excluding hydrogens is 330 g/mol. The molecule has 0 aliphatic carbocycles. The Hall–Kier alpha value is -3.48. The predicted molar refractivity (Wildman–Crippen MR) is 104 cm³/mol. The van der Waals surface area contributed by atoms with Gasteiger partial charge in [0.05, 0.1) is 25.1 Å². The molecule has 7 nitrogen and oxygen atoms in total. The zero-order valence-corrected chi connectivity index (χ0v) is 14.7. The van der Waals surface area contributed by atoms with E-state index in [2.05, 4.69) is 20.6 Å². The van der Waals surface area contributed by atoms with E-state index in [0.29, 0.717) is 29.7 Å². The summed E-state index contributed by atoms with van der Waals surface area (Å²) >= 11 is 0. The fourth-order valence-electron chi connectivity index (χ4n) is 2.45. The van der Waals surface area contributed by atoms with Gasteiger partial charge in [-0.3, -0.25) is 0 Å². The van der Waals surface area contributed by atoms with Gasteiger partial charge in [-0.25, -0.2) is 9.97 Å². The van der Waals surface area contributed by atoms with Crippen molar-refractivity contribution in [3.05, 3.63) is 54.9 Å².